The van der Waals surface area contributed by atoms with E-state index in [0.717, 1.165) is 50.9 Å². The monoisotopic (exact) mass is 385 g/mol. The van der Waals surface area contributed by atoms with Gasteiger partial charge in [0.25, 0.3) is 0 Å². The van der Waals surface area contributed by atoms with Crippen molar-refractivity contribution in [3.8, 4) is 0 Å². The Morgan fingerprint density at radius 1 is 0.821 bits per heavy atom. The highest BCUT2D eigenvalue weighted by Crippen LogP contribution is 2.35. The molecule has 0 amide bonds. The zero-order valence-corrected chi connectivity index (χ0v) is 17.0. The Hall–Kier alpha value is -1.74. The summed E-state index contributed by atoms with van der Waals surface area (Å²) in [6.07, 6.45) is 2.17. The first-order valence-corrected chi connectivity index (χ1v) is 10.8. The number of rotatable bonds is 9. The normalized spacial score (nSPS) is 22.5. The van der Waals surface area contributed by atoms with Gasteiger partial charge < -0.3 is 4.90 Å². The second-order valence-corrected chi connectivity index (χ2v) is 8.06. The first-order valence-electron chi connectivity index (χ1n) is 10.8. The van der Waals surface area contributed by atoms with Crippen LogP contribution in [0.15, 0.2) is 54.6 Å². The summed E-state index contributed by atoms with van der Waals surface area (Å²) < 4.78 is 27.0. The topological polar surface area (TPSA) is 3.24 Å². The van der Waals surface area contributed by atoms with Crippen molar-refractivity contribution in [2.75, 3.05) is 19.6 Å². The van der Waals surface area contributed by atoms with Crippen LogP contribution < -0.4 is 0 Å². The number of aryl methyl sites for hydroxylation is 1. The predicted octanol–water partition coefficient (Wildman–Crippen LogP) is 6.13. The molecule has 0 N–H and O–H groups in total. The zero-order valence-electron chi connectivity index (χ0n) is 17.0. The third-order valence-electron chi connectivity index (χ3n) is 6.09. The molecular formula is C25H33F2N. The van der Waals surface area contributed by atoms with Gasteiger partial charge in [-0.1, -0.05) is 61.5 Å². The number of nitrogens with zero attached hydrogens (tertiary/aromatic N) is 1. The Labute approximate surface area is 168 Å². The van der Waals surface area contributed by atoms with Crippen LogP contribution >= 0.6 is 0 Å². The third kappa shape index (κ3) is 6.13. The third-order valence-corrected chi connectivity index (χ3v) is 6.09. The van der Waals surface area contributed by atoms with Gasteiger partial charge in [0.15, 0.2) is 0 Å². The van der Waals surface area contributed by atoms with Gasteiger partial charge in [-0.3, -0.25) is 0 Å². The lowest BCUT2D eigenvalue weighted by Gasteiger charge is -2.27. The van der Waals surface area contributed by atoms with E-state index >= 15 is 0 Å². The number of alkyl halides is 2. The lowest BCUT2D eigenvalue weighted by atomic mass is 9.82. The Morgan fingerprint density at radius 3 is 2.21 bits per heavy atom. The van der Waals surface area contributed by atoms with Crippen molar-refractivity contribution in [2.45, 2.75) is 63.7 Å². The molecule has 3 atom stereocenters. The molecule has 0 heterocycles. The van der Waals surface area contributed by atoms with E-state index in [9.17, 15) is 8.78 Å². The van der Waals surface area contributed by atoms with Crippen molar-refractivity contribution < 1.29 is 8.78 Å². The van der Waals surface area contributed by atoms with Crippen LogP contribution in [-0.4, -0.2) is 36.9 Å². The average molecular weight is 386 g/mol. The summed E-state index contributed by atoms with van der Waals surface area (Å²) in [6, 6.07) is 19.2. The van der Waals surface area contributed by atoms with Crippen LogP contribution in [0.4, 0.5) is 8.78 Å². The minimum absolute atomic E-state index is 0.171. The van der Waals surface area contributed by atoms with Gasteiger partial charge in [0.2, 0.25) is 0 Å². The average Bonchev–Trinajstić information content (AvgIpc) is 2.74. The van der Waals surface area contributed by atoms with Crippen LogP contribution in [0.2, 0.25) is 0 Å². The number of hydrogen-bond acceptors (Lipinski definition) is 1. The molecule has 1 aliphatic carbocycles. The molecule has 0 aromatic heterocycles. The smallest absolute Gasteiger partial charge is 0.132 e. The highest BCUT2D eigenvalue weighted by atomic mass is 19.2. The maximum atomic E-state index is 13.7. The Morgan fingerprint density at radius 2 is 1.54 bits per heavy atom. The van der Waals surface area contributed by atoms with Gasteiger partial charge in [-0.25, -0.2) is 8.78 Å². The van der Waals surface area contributed by atoms with E-state index in [0.29, 0.717) is 12.8 Å². The molecule has 0 bridgehead atoms. The largest absolute Gasteiger partial charge is 0.303 e. The summed E-state index contributed by atoms with van der Waals surface area (Å²) in [4.78, 5) is 2.51. The lowest BCUT2D eigenvalue weighted by molar-refractivity contribution is 0.108. The van der Waals surface area contributed by atoms with Gasteiger partial charge in [0, 0.05) is 6.54 Å². The van der Waals surface area contributed by atoms with E-state index < -0.39 is 12.3 Å². The molecule has 0 radical (unpaired) electrons. The van der Waals surface area contributed by atoms with Gasteiger partial charge >= 0.3 is 0 Å². The van der Waals surface area contributed by atoms with Gasteiger partial charge in [-0.15, -0.1) is 0 Å². The van der Waals surface area contributed by atoms with Gasteiger partial charge in [0.1, 0.15) is 12.3 Å². The molecule has 3 rings (SSSR count). The molecule has 0 aliphatic heterocycles. The Kier molecular flexibility index (Phi) is 8.02. The van der Waals surface area contributed by atoms with Crippen LogP contribution in [0.5, 0.6) is 0 Å². The minimum Gasteiger partial charge on any atom is -0.303 e. The van der Waals surface area contributed by atoms with Crippen LogP contribution in [0.25, 0.3) is 0 Å². The zero-order chi connectivity index (χ0) is 19.8. The molecule has 2 aromatic rings. The number of hydrogen-bond donors (Lipinski definition) is 0. The van der Waals surface area contributed by atoms with Crippen molar-refractivity contribution in [1.29, 1.82) is 0 Å². The Balaban J connectivity index is 1.41. The number of halogens is 2. The molecule has 0 spiro atoms. The molecule has 0 saturated heterocycles. The molecular weight excluding hydrogens is 352 g/mol. The fraction of sp³-hybridized carbons (Fsp3) is 0.520. The van der Waals surface area contributed by atoms with E-state index in [1.165, 1.54) is 11.1 Å². The second-order valence-electron chi connectivity index (χ2n) is 8.06. The molecule has 1 fully saturated rings. The van der Waals surface area contributed by atoms with Crippen LogP contribution in [0, 0.1) is 0 Å². The van der Waals surface area contributed by atoms with Crippen molar-refractivity contribution in [1.82, 2.24) is 4.90 Å². The quantitative estimate of drug-likeness (QED) is 0.502. The summed E-state index contributed by atoms with van der Waals surface area (Å²) >= 11 is 0. The maximum absolute atomic E-state index is 13.7. The minimum atomic E-state index is -1.30. The Bertz CT molecular complexity index is 685. The van der Waals surface area contributed by atoms with Gasteiger partial charge in [-0.05, 0) is 74.2 Å². The van der Waals surface area contributed by atoms with Crippen LogP contribution in [0.3, 0.4) is 0 Å². The molecule has 1 aliphatic rings. The molecule has 3 unspecified atom stereocenters. The number of likely N-dealkylation sites (N-methyl/N-ethyl adjacent to an activating group) is 1. The summed E-state index contributed by atoms with van der Waals surface area (Å²) in [6.45, 7) is 5.51. The van der Waals surface area contributed by atoms with Crippen molar-refractivity contribution in [3.05, 3.63) is 71.3 Å². The van der Waals surface area contributed by atoms with Crippen LogP contribution in [0.1, 0.15) is 55.2 Å². The van der Waals surface area contributed by atoms with Gasteiger partial charge in [0.05, 0.1) is 0 Å². The number of benzene rings is 2. The molecule has 1 nitrogen and oxygen atoms in total. The maximum Gasteiger partial charge on any atom is 0.132 e. The van der Waals surface area contributed by atoms with E-state index in [1.54, 1.807) is 0 Å². The second kappa shape index (κ2) is 10.7. The van der Waals surface area contributed by atoms with E-state index in [4.69, 9.17) is 0 Å². The van der Waals surface area contributed by atoms with E-state index in [2.05, 4.69) is 66.4 Å². The molecule has 28 heavy (non-hydrogen) atoms. The first kappa shape index (κ1) is 21.0. The molecule has 2 aromatic carbocycles. The summed E-state index contributed by atoms with van der Waals surface area (Å²) in [7, 11) is 0. The molecule has 152 valence electrons. The summed E-state index contributed by atoms with van der Waals surface area (Å²) in [5.74, 6) is 0.171. The standard InChI is InChI=1S/C25H33F2N/c1-2-28(18-16-20-7-4-3-5-8-20)17-6-9-21-10-12-22(13-11-21)23-14-15-24(26)25(27)19-23/h3-5,7-8,10-13,23-25H,2,6,9,14-19H2,1H3. The lowest BCUT2D eigenvalue weighted by Crippen LogP contribution is -2.27. The van der Waals surface area contributed by atoms with Gasteiger partial charge in [-0.2, -0.15) is 0 Å². The molecule has 3 heteroatoms. The van der Waals surface area contributed by atoms with Crippen LogP contribution in [-0.2, 0) is 12.8 Å². The van der Waals surface area contributed by atoms with E-state index in [-0.39, 0.29) is 5.92 Å². The highest BCUT2D eigenvalue weighted by molar-refractivity contribution is 5.26. The van der Waals surface area contributed by atoms with Crippen molar-refractivity contribution in [2.24, 2.45) is 0 Å². The van der Waals surface area contributed by atoms with Crippen molar-refractivity contribution >= 4 is 0 Å². The summed E-state index contributed by atoms with van der Waals surface area (Å²) in [5, 5.41) is 0. The van der Waals surface area contributed by atoms with Crippen molar-refractivity contribution in [3.63, 3.8) is 0 Å². The fourth-order valence-corrected chi connectivity index (χ4v) is 4.20. The highest BCUT2D eigenvalue weighted by Gasteiger charge is 2.30. The predicted molar refractivity (Wildman–Crippen MR) is 113 cm³/mol. The molecule has 1 saturated carbocycles. The summed E-state index contributed by atoms with van der Waals surface area (Å²) in [5.41, 5.74) is 3.89. The fourth-order valence-electron chi connectivity index (χ4n) is 4.20. The SMILES string of the molecule is CCN(CCCc1ccc(C2CCC(F)C(F)C2)cc1)CCc1ccccc1. The van der Waals surface area contributed by atoms with E-state index in [1.807, 2.05) is 0 Å². The first-order chi connectivity index (χ1) is 13.7.